The maximum Gasteiger partial charge on any atom is 0.331 e. The monoisotopic (exact) mass is 380 g/mol. The van der Waals surface area contributed by atoms with Crippen molar-refractivity contribution in [2.75, 3.05) is 6.61 Å². The van der Waals surface area contributed by atoms with Gasteiger partial charge in [0.2, 0.25) is 0 Å². The Hall–Kier alpha value is -1.58. The van der Waals surface area contributed by atoms with E-state index < -0.39 is 11.9 Å². The van der Waals surface area contributed by atoms with Gasteiger partial charge in [0.25, 0.3) is 0 Å². The molecule has 0 unspecified atom stereocenters. The van der Waals surface area contributed by atoms with Crippen molar-refractivity contribution in [1.82, 2.24) is 0 Å². The van der Waals surface area contributed by atoms with Crippen LogP contribution in [0.1, 0.15) is 103 Å². The highest BCUT2D eigenvalue weighted by Gasteiger charge is 2.10. The normalized spacial score (nSPS) is 11.0. The zero-order valence-electron chi connectivity index (χ0n) is 17.3. The highest BCUT2D eigenvalue weighted by atomic mass is 16.5. The van der Waals surface area contributed by atoms with E-state index in [9.17, 15) is 9.59 Å². The third kappa shape index (κ3) is 19.0. The number of rotatable bonds is 19. The van der Waals surface area contributed by atoms with E-state index in [4.69, 9.17) is 9.84 Å². The zero-order valence-corrected chi connectivity index (χ0v) is 17.3. The van der Waals surface area contributed by atoms with E-state index in [1.165, 1.54) is 70.6 Å². The molecular weight excluding hydrogens is 340 g/mol. The minimum absolute atomic E-state index is 0.124. The standard InChI is InChI=1S/C23H40O4/c1-3-4-5-6-7-8-9-10-11-12-13-14-15-16-17-18-19-27-22(24)20-21(2)23(25)26/h10-11H,2-9,12-20H2,1H3,(H,25,26)/b11-10-. The van der Waals surface area contributed by atoms with Crippen molar-refractivity contribution in [2.24, 2.45) is 0 Å². The maximum absolute atomic E-state index is 11.4. The Morgan fingerprint density at radius 2 is 1.30 bits per heavy atom. The second kappa shape index (κ2) is 19.2. The molecule has 0 saturated heterocycles. The fourth-order valence-electron chi connectivity index (χ4n) is 2.84. The van der Waals surface area contributed by atoms with Crippen LogP contribution in [-0.4, -0.2) is 23.7 Å². The summed E-state index contributed by atoms with van der Waals surface area (Å²) in [6.45, 7) is 5.94. The van der Waals surface area contributed by atoms with Crippen LogP contribution in [0.3, 0.4) is 0 Å². The van der Waals surface area contributed by atoms with Gasteiger partial charge in [-0.05, 0) is 32.1 Å². The number of aliphatic carboxylic acids is 1. The maximum atomic E-state index is 11.4. The molecule has 0 aliphatic carbocycles. The molecule has 0 radical (unpaired) electrons. The number of hydrogen-bond acceptors (Lipinski definition) is 3. The van der Waals surface area contributed by atoms with Crippen LogP contribution >= 0.6 is 0 Å². The minimum atomic E-state index is -1.15. The predicted octanol–water partition coefficient (Wildman–Crippen LogP) is 6.60. The van der Waals surface area contributed by atoms with Gasteiger partial charge in [0.15, 0.2) is 0 Å². The Kier molecular flexibility index (Phi) is 18.1. The van der Waals surface area contributed by atoms with E-state index in [1.54, 1.807) is 0 Å². The highest BCUT2D eigenvalue weighted by molar-refractivity contribution is 5.91. The largest absolute Gasteiger partial charge is 0.478 e. The van der Waals surface area contributed by atoms with Crippen molar-refractivity contribution >= 4 is 11.9 Å². The fraction of sp³-hybridized carbons (Fsp3) is 0.739. The van der Waals surface area contributed by atoms with Gasteiger partial charge in [0.1, 0.15) is 0 Å². The fourth-order valence-corrected chi connectivity index (χ4v) is 2.84. The second-order valence-electron chi connectivity index (χ2n) is 7.24. The van der Waals surface area contributed by atoms with Crippen molar-refractivity contribution in [3.63, 3.8) is 0 Å². The number of carboxylic acids is 1. The molecule has 4 nitrogen and oxygen atoms in total. The smallest absolute Gasteiger partial charge is 0.331 e. The van der Waals surface area contributed by atoms with Crippen molar-refractivity contribution in [1.29, 1.82) is 0 Å². The van der Waals surface area contributed by atoms with Gasteiger partial charge in [-0.15, -0.1) is 0 Å². The predicted molar refractivity (Wildman–Crippen MR) is 112 cm³/mol. The SMILES string of the molecule is C=C(CC(=O)OCCCCCCCC/C=C\CCCCCCCC)C(=O)O. The Balaban J connectivity index is 3.27. The molecule has 0 amide bonds. The van der Waals surface area contributed by atoms with E-state index in [1.807, 2.05) is 0 Å². The first-order valence-corrected chi connectivity index (χ1v) is 10.8. The summed E-state index contributed by atoms with van der Waals surface area (Å²) in [6, 6.07) is 0. The molecule has 0 spiro atoms. The third-order valence-corrected chi connectivity index (χ3v) is 4.58. The highest BCUT2D eigenvalue weighted by Crippen LogP contribution is 2.10. The number of allylic oxidation sites excluding steroid dienone is 2. The molecule has 0 aromatic rings. The minimum Gasteiger partial charge on any atom is -0.478 e. The second-order valence-corrected chi connectivity index (χ2v) is 7.24. The Morgan fingerprint density at radius 1 is 0.815 bits per heavy atom. The van der Waals surface area contributed by atoms with E-state index in [0.717, 1.165) is 19.3 Å². The van der Waals surface area contributed by atoms with Gasteiger partial charge < -0.3 is 9.84 Å². The third-order valence-electron chi connectivity index (χ3n) is 4.58. The van der Waals surface area contributed by atoms with Gasteiger partial charge in [0, 0.05) is 5.57 Å². The first-order chi connectivity index (χ1) is 13.1. The molecule has 0 aliphatic heterocycles. The van der Waals surface area contributed by atoms with E-state index in [-0.39, 0.29) is 12.0 Å². The summed E-state index contributed by atoms with van der Waals surface area (Å²) >= 11 is 0. The van der Waals surface area contributed by atoms with Gasteiger partial charge in [-0.3, -0.25) is 4.79 Å². The van der Waals surface area contributed by atoms with Crippen LogP contribution in [0.2, 0.25) is 0 Å². The van der Waals surface area contributed by atoms with Crippen LogP contribution in [0.25, 0.3) is 0 Å². The lowest BCUT2D eigenvalue weighted by molar-refractivity contribution is -0.144. The molecular formula is C23H40O4. The quantitative estimate of drug-likeness (QED) is 0.119. The average molecular weight is 381 g/mol. The molecule has 27 heavy (non-hydrogen) atoms. The molecule has 0 aromatic carbocycles. The molecule has 0 aromatic heterocycles. The molecule has 4 heteroatoms. The van der Waals surface area contributed by atoms with Gasteiger partial charge in [-0.2, -0.15) is 0 Å². The van der Waals surface area contributed by atoms with Crippen LogP contribution in [0.4, 0.5) is 0 Å². The van der Waals surface area contributed by atoms with Crippen LogP contribution in [0.15, 0.2) is 24.3 Å². The van der Waals surface area contributed by atoms with Crippen molar-refractivity contribution in [3.05, 3.63) is 24.3 Å². The summed E-state index contributed by atoms with van der Waals surface area (Å²) in [5.74, 6) is -1.65. The van der Waals surface area contributed by atoms with Crippen molar-refractivity contribution in [3.8, 4) is 0 Å². The molecule has 0 aliphatic rings. The summed E-state index contributed by atoms with van der Waals surface area (Å²) in [5, 5.41) is 8.64. The summed E-state index contributed by atoms with van der Waals surface area (Å²) in [7, 11) is 0. The number of esters is 1. The molecule has 1 N–H and O–H groups in total. The number of unbranched alkanes of at least 4 members (excludes halogenated alkanes) is 12. The molecule has 0 rings (SSSR count). The lowest BCUT2D eigenvalue weighted by Gasteiger charge is -2.05. The summed E-state index contributed by atoms with van der Waals surface area (Å²) in [4.78, 5) is 21.9. The summed E-state index contributed by atoms with van der Waals surface area (Å²) in [5.41, 5.74) is -0.124. The topological polar surface area (TPSA) is 63.6 Å². The molecule has 156 valence electrons. The van der Waals surface area contributed by atoms with Gasteiger partial charge in [-0.25, -0.2) is 4.79 Å². The molecule has 0 fully saturated rings. The first-order valence-electron chi connectivity index (χ1n) is 10.8. The van der Waals surface area contributed by atoms with Crippen LogP contribution < -0.4 is 0 Å². The van der Waals surface area contributed by atoms with Crippen LogP contribution in [0.5, 0.6) is 0 Å². The lowest BCUT2D eigenvalue weighted by Crippen LogP contribution is -2.10. The Morgan fingerprint density at radius 3 is 1.81 bits per heavy atom. The van der Waals surface area contributed by atoms with Gasteiger partial charge in [-0.1, -0.05) is 83.4 Å². The average Bonchev–Trinajstić information content (AvgIpc) is 2.64. The Labute approximate surface area is 166 Å². The van der Waals surface area contributed by atoms with E-state index >= 15 is 0 Å². The summed E-state index contributed by atoms with van der Waals surface area (Å²) < 4.78 is 5.01. The molecule has 0 bridgehead atoms. The molecule has 0 atom stereocenters. The number of carbonyl (C=O) groups excluding carboxylic acids is 1. The number of carboxylic acid groups (broad SMARTS) is 1. The lowest BCUT2D eigenvalue weighted by atomic mass is 10.1. The number of ether oxygens (including phenoxy) is 1. The molecule has 0 saturated carbocycles. The van der Waals surface area contributed by atoms with E-state index in [0.29, 0.717) is 6.61 Å². The Bertz CT molecular complexity index is 426. The number of hydrogen-bond donors (Lipinski definition) is 1. The van der Waals surface area contributed by atoms with Gasteiger partial charge in [0.05, 0.1) is 13.0 Å². The number of carbonyl (C=O) groups is 2. The molecule has 0 heterocycles. The summed E-state index contributed by atoms with van der Waals surface area (Å²) in [6.07, 6.45) is 21.8. The van der Waals surface area contributed by atoms with Gasteiger partial charge >= 0.3 is 11.9 Å². The first kappa shape index (κ1) is 25.4. The zero-order chi connectivity index (χ0) is 20.2. The van der Waals surface area contributed by atoms with Crippen molar-refractivity contribution in [2.45, 2.75) is 103 Å². The van der Waals surface area contributed by atoms with Crippen LogP contribution in [-0.2, 0) is 14.3 Å². The van der Waals surface area contributed by atoms with Crippen molar-refractivity contribution < 1.29 is 19.4 Å². The van der Waals surface area contributed by atoms with Crippen LogP contribution in [0, 0.1) is 0 Å². The van der Waals surface area contributed by atoms with E-state index in [2.05, 4.69) is 25.7 Å².